The fraction of sp³-hybridized carbons (Fsp3) is 0.429. The van der Waals surface area contributed by atoms with Gasteiger partial charge in [0.2, 0.25) is 0 Å². The van der Waals surface area contributed by atoms with Crippen molar-refractivity contribution in [2.75, 3.05) is 0 Å². The van der Waals surface area contributed by atoms with Gasteiger partial charge in [-0.1, -0.05) is 19.9 Å². The highest BCUT2D eigenvalue weighted by Crippen LogP contribution is 2.19. The second-order valence-electron chi connectivity index (χ2n) is 4.38. The van der Waals surface area contributed by atoms with Crippen LogP contribution in [0.4, 0.5) is 0 Å². The van der Waals surface area contributed by atoms with E-state index in [-0.39, 0.29) is 11.7 Å². The maximum absolute atomic E-state index is 12.0. The lowest BCUT2D eigenvalue weighted by atomic mass is 10.2. The summed E-state index contributed by atoms with van der Waals surface area (Å²) in [6.07, 6.45) is 5.74. The number of hydrogen-bond donors (Lipinski definition) is 1. The highest BCUT2D eigenvalue weighted by atomic mass is 16.1. The van der Waals surface area contributed by atoms with E-state index in [0.29, 0.717) is 0 Å². The number of H-pyrrole nitrogens is 1. The molecule has 0 saturated heterocycles. The van der Waals surface area contributed by atoms with E-state index in [1.165, 1.54) is 0 Å². The fourth-order valence-electron chi connectivity index (χ4n) is 2.27. The number of aromatic nitrogens is 3. The summed E-state index contributed by atoms with van der Waals surface area (Å²) in [5.74, 6) is 0. The third-order valence-electron chi connectivity index (χ3n) is 3.23. The Morgan fingerprint density at radius 3 is 2.72 bits per heavy atom. The van der Waals surface area contributed by atoms with Gasteiger partial charge in [-0.2, -0.15) is 0 Å². The maximum Gasteiger partial charge on any atom is 0.327 e. The monoisotopic (exact) mass is 245 g/mol. The first-order valence-corrected chi connectivity index (χ1v) is 6.45. The van der Waals surface area contributed by atoms with Gasteiger partial charge in [-0.05, 0) is 38.0 Å². The minimum absolute atomic E-state index is 0.0659. The molecule has 96 valence electrons. The molecule has 0 fully saturated rings. The maximum atomic E-state index is 12.0. The summed E-state index contributed by atoms with van der Waals surface area (Å²) in [7, 11) is 0. The van der Waals surface area contributed by atoms with E-state index in [1.54, 1.807) is 4.57 Å². The van der Waals surface area contributed by atoms with Crippen LogP contribution in [-0.4, -0.2) is 14.5 Å². The van der Waals surface area contributed by atoms with E-state index in [1.807, 2.05) is 31.2 Å². The van der Waals surface area contributed by atoms with Crippen LogP contribution in [0.2, 0.25) is 0 Å². The molecular weight excluding hydrogens is 226 g/mol. The van der Waals surface area contributed by atoms with E-state index in [4.69, 9.17) is 0 Å². The minimum Gasteiger partial charge on any atom is -0.304 e. The van der Waals surface area contributed by atoms with Gasteiger partial charge in [-0.3, -0.25) is 4.57 Å². The molecule has 4 heteroatoms. The molecule has 2 aromatic heterocycles. The minimum atomic E-state index is -0.0659. The topological polar surface area (TPSA) is 50.7 Å². The third kappa shape index (κ3) is 2.10. The summed E-state index contributed by atoms with van der Waals surface area (Å²) in [6, 6.07) is 4.03. The van der Waals surface area contributed by atoms with Crippen molar-refractivity contribution < 1.29 is 0 Å². The number of nitrogens with one attached hydrogen (secondary N) is 1. The van der Waals surface area contributed by atoms with Crippen LogP contribution in [-0.2, 0) is 0 Å². The average Bonchev–Trinajstić information content (AvgIpc) is 2.68. The quantitative estimate of drug-likeness (QED) is 0.899. The predicted molar refractivity (Wildman–Crippen MR) is 74.7 cm³/mol. The standard InChI is InChI=1S/C14H19N3O/c1-4-7-10-8-9-12-13(15-10)17(14(18)16-12)11(5-2)6-3/h4,7-9,11H,5-6H2,1-3H3,(H,16,18)/b7-4+. The van der Waals surface area contributed by atoms with Gasteiger partial charge in [0.05, 0.1) is 11.2 Å². The van der Waals surface area contributed by atoms with Crippen molar-refractivity contribution in [1.82, 2.24) is 14.5 Å². The van der Waals surface area contributed by atoms with Gasteiger partial charge >= 0.3 is 5.69 Å². The smallest absolute Gasteiger partial charge is 0.304 e. The normalized spacial score (nSPS) is 12.0. The zero-order valence-electron chi connectivity index (χ0n) is 11.1. The third-order valence-corrected chi connectivity index (χ3v) is 3.23. The summed E-state index contributed by atoms with van der Waals surface area (Å²) < 4.78 is 1.78. The molecule has 0 spiro atoms. The number of hydrogen-bond acceptors (Lipinski definition) is 2. The number of fused-ring (bicyclic) bond motifs is 1. The molecule has 2 aromatic rings. The van der Waals surface area contributed by atoms with Crippen LogP contribution in [0, 0.1) is 0 Å². The molecule has 0 aliphatic rings. The predicted octanol–water partition coefficient (Wildman–Crippen LogP) is 3.12. The molecule has 18 heavy (non-hydrogen) atoms. The van der Waals surface area contributed by atoms with Crippen LogP contribution in [0.1, 0.15) is 45.3 Å². The van der Waals surface area contributed by atoms with Crippen molar-refractivity contribution in [1.29, 1.82) is 0 Å². The van der Waals surface area contributed by atoms with Crippen molar-refractivity contribution >= 4 is 17.2 Å². The molecule has 0 aromatic carbocycles. The SMILES string of the molecule is C/C=C/c1ccc2[nH]c(=O)n(C(CC)CC)c2n1. The Hall–Kier alpha value is -1.84. The molecule has 0 saturated carbocycles. The van der Waals surface area contributed by atoms with Gasteiger partial charge < -0.3 is 4.98 Å². The summed E-state index contributed by atoms with van der Waals surface area (Å²) in [5, 5.41) is 0. The Morgan fingerprint density at radius 2 is 2.11 bits per heavy atom. The Balaban J connectivity index is 2.67. The lowest BCUT2D eigenvalue weighted by Crippen LogP contribution is -2.21. The van der Waals surface area contributed by atoms with Crippen LogP contribution in [0.3, 0.4) is 0 Å². The first kappa shape index (κ1) is 12.6. The molecule has 0 unspecified atom stereocenters. The second-order valence-corrected chi connectivity index (χ2v) is 4.38. The molecule has 2 heterocycles. The first-order valence-electron chi connectivity index (χ1n) is 6.45. The number of imidazole rings is 1. The van der Waals surface area contributed by atoms with Crippen molar-refractivity contribution in [3.63, 3.8) is 0 Å². The number of rotatable bonds is 4. The molecule has 0 atom stereocenters. The zero-order chi connectivity index (χ0) is 13.1. The van der Waals surface area contributed by atoms with Gasteiger partial charge in [-0.15, -0.1) is 0 Å². The lowest BCUT2D eigenvalue weighted by molar-refractivity contribution is 0.469. The molecule has 0 aliphatic carbocycles. The molecular formula is C14H19N3O. The van der Waals surface area contributed by atoms with E-state index in [2.05, 4.69) is 23.8 Å². The molecule has 0 aliphatic heterocycles. The largest absolute Gasteiger partial charge is 0.327 e. The van der Waals surface area contributed by atoms with Crippen LogP contribution in [0.15, 0.2) is 23.0 Å². The Morgan fingerprint density at radius 1 is 1.39 bits per heavy atom. The summed E-state index contributed by atoms with van der Waals surface area (Å²) in [4.78, 5) is 19.4. The van der Waals surface area contributed by atoms with Crippen molar-refractivity contribution in [2.45, 2.75) is 39.7 Å². The van der Waals surface area contributed by atoms with Crippen LogP contribution in [0.5, 0.6) is 0 Å². The van der Waals surface area contributed by atoms with Crippen molar-refractivity contribution in [2.24, 2.45) is 0 Å². The Bertz CT molecular complexity index is 617. The van der Waals surface area contributed by atoms with Crippen molar-refractivity contribution in [3.8, 4) is 0 Å². The molecule has 1 N–H and O–H groups in total. The van der Waals surface area contributed by atoms with E-state index >= 15 is 0 Å². The van der Waals surface area contributed by atoms with E-state index < -0.39 is 0 Å². The van der Waals surface area contributed by atoms with Gasteiger partial charge in [0.15, 0.2) is 5.65 Å². The Labute approximate surface area is 106 Å². The van der Waals surface area contributed by atoms with Gasteiger partial charge in [0, 0.05) is 6.04 Å². The molecule has 2 rings (SSSR count). The highest BCUT2D eigenvalue weighted by molar-refractivity contribution is 5.72. The second kappa shape index (κ2) is 5.21. The first-order chi connectivity index (χ1) is 8.71. The number of allylic oxidation sites excluding steroid dienone is 1. The number of pyridine rings is 1. The summed E-state index contributed by atoms with van der Waals surface area (Å²) in [5.41, 5.74) is 2.37. The molecule has 0 radical (unpaired) electrons. The molecule has 0 amide bonds. The average molecular weight is 245 g/mol. The zero-order valence-corrected chi connectivity index (χ0v) is 11.1. The van der Waals surface area contributed by atoms with Gasteiger partial charge in [0.25, 0.3) is 0 Å². The fourth-order valence-corrected chi connectivity index (χ4v) is 2.27. The highest BCUT2D eigenvalue weighted by Gasteiger charge is 2.15. The van der Waals surface area contributed by atoms with E-state index in [9.17, 15) is 4.79 Å². The molecule has 0 bridgehead atoms. The summed E-state index contributed by atoms with van der Waals surface area (Å²) in [6.45, 7) is 6.14. The summed E-state index contributed by atoms with van der Waals surface area (Å²) >= 11 is 0. The van der Waals surface area contributed by atoms with Gasteiger partial charge in [-0.25, -0.2) is 9.78 Å². The van der Waals surface area contributed by atoms with Crippen LogP contribution in [0.25, 0.3) is 17.2 Å². The number of aromatic amines is 1. The van der Waals surface area contributed by atoms with Crippen LogP contribution >= 0.6 is 0 Å². The van der Waals surface area contributed by atoms with Gasteiger partial charge in [0.1, 0.15) is 0 Å². The van der Waals surface area contributed by atoms with Crippen LogP contribution < -0.4 is 5.69 Å². The number of nitrogens with zero attached hydrogens (tertiary/aromatic N) is 2. The van der Waals surface area contributed by atoms with E-state index in [0.717, 1.165) is 29.7 Å². The van der Waals surface area contributed by atoms with Crippen molar-refractivity contribution in [3.05, 3.63) is 34.4 Å². The Kier molecular flexibility index (Phi) is 3.65. The lowest BCUT2D eigenvalue weighted by Gasteiger charge is -2.13. The molecule has 4 nitrogen and oxygen atoms in total.